The lowest BCUT2D eigenvalue weighted by atomic mass is 9.98. The highest BCUT2D eigenvalue weighted by Gasteiger charge is 2.37. The van der Waals surface area contributed by atoms with E-state index in [0.717, 1.165) is 6.33 Å². The third-order valence-corrected chi connectivity index (χ3v) is 5.88. The summed E-state index contributed by atoms with van der Waals surface area (Å²) in [6, 6.07) is 16.9. The third-order valence-electron chi connectivity index (χ3n) is 5.88. The minimum Gasteiger partial charge on any atom is -0.457 e. The van der Waals surface area contributed by atoms with E-state index in [-0.39, 0.29) is 22.2 Å². The lowest BCUT2D eigenvalue weighted by molar-refractivity contribution is -0.138. The number of alkyl halides is 3. The molecule has 1 heterocycles. The molecule has 0 spiro atoms. The van der Waals surface area contributed by atoms with E-state index < -0.39 is 52.6 Å². The quantitative estimate of drug-likeness (QED) is 0.225. The molecule has 38 heavy (non-hydrogen) atoms. The summed E-state index contributed by atoms with van der Waals surface area (Å²) in [6.07, 6.45) is -3.69. The number of rotatable bonds is 5. The van der Waals surface area contributed by atoms with Crippen LogP contribution in [0.2, 0.25) is 0 Å². The Morgan fingerprint density at radius 2 is 1.55 bits per heavy atom. The summed E-state index contributed by atoms with van der Waals surface area (Å²) in [6.45, 7) is -0.417. The van der Waals surface area contributed by atoms with Crippen LogP contribution >= 0.6 is 0 Å². The van der Waals surface area contributed by atoms with Crippen LogP contribution < -0.4 is 10.3 Å². The molecule has 0 bridgehead atoms. The molecular weight excluding hydrogens is 510 g/mol. The van der Waals surface area contributed by atoms with Crippen LogP contribution in [-0.4, -0.2) is 9.55 Å². The lowest BCUT2D eigenvalue weighted by Gasteiger charge is -2.18. The fourth-order valence-corrected chi connectivity index (χ4v) is 4.17. The fraction of sp³-hybridized carbons (Fsp3) is 0.0714. The first-order valence-electron chi connectivity index (χ1n) is 11.2. The van der Waals surface area contributed by atoms with Crippen molar-refractivity contribution in [2.75, 3.05) is 0 Å². The highest BCUT2D eigenvalue weighted by molar-refractivity contribution is 5.80. The van der Waals surface area contributed by atoms with Crippen molar-refractivity contribution in [1.29, 1.82) is 0 Å². The average molecular weight is 526 g/mol. The summed E-state index contributed by atoms with van der Waals surface area (Å²) in [5, 5.41) is -0.0549. The van der Waals surface area contributed by atoms with E-state index in [9.17, 15) is 31.1 Å². The van der Waals surface area contributed by atoms with Crippen LogP contribution in [0.4, 0.5) is 26.3 Å². The molecule has 10 heteroatoms. The third kappa shape index (κ3) is 4.84. The molecule has 0 amide bonds. The molecule has 0 unspecified atom stereocenters. The van der Waals surface area contributed by atoms with Gasteiger partial charge in [-0.1, -0.05) is 42.5 Å². The molecular formula is C28H16F6N2O2. The van der Waals surface area contributed by atoms with E-state index in [1.54, 1.807) is 30.3 Å². The second-order valence-electron chi connectivity index (χ2n) is 8.35. The van der Waals surface area contributed by atoms with Gasteiger partial charge < -0.3 is 9.30 Å². The van der Waals surface area contributed by atoms with Crippen LogP contribution in [0.5, 0.6) is 11.5 Å². The van der Waals surface area contributed by atoms with Crippen LogP contribution in [0.15, 0.2) is 90.0 Å². The van der Waals surface area contributed by atoms with Gasteiger partial charge in [-0.3, -0.25) is 4.79 Å². The van der Waals surface area contributed by atoms with Crippen LogP contribution in [-0.2, 0) is 12.7 Å². The van der Waals surface area contributed by atoms with Crippen molar-refractivity contribution in [3.8, 4) is 22.6 Å². The van der Waals surface area contributed by atoms with Crippen LogP contribution in [0, 0.1) is 17.5 Å². The molecule has 192 valence electrons. The summed E-state index contributed by atoms with van der Waals surface area (Å²) in [5.41, 5.74) is -1.71. The molecule has 0 saturated carbocycles. The van der Waals surface area contributed by atoms with Gasteiger partial charge >= 0.3 is 6.18 Å². The van der Waals surface area contributed by atoms with E-state index in [4.69, 9.17) is 4.74 Å². The van der Waals surface area contributed by atoms with Gasteiger partial charge in [0, 0.05) is 17.7 Å². The van der Waals surface area contributed by atoms with E-state index in [1.807, 2.05) is 0 Å². The summed E-state index contributed by atoms with van der Waals surface area (Å²) in [4.78, 5) is 16.2. The van der Waals surface area contributed by atoms with Crippen molar-refractivity contribution in [1.82, 2.24) is 9.55 Å². The monoisotopic (exact) mass is 526 g/mol. The normalized spacial score (nSPS) is 11.6. The molecule has 0 aliphatic rings. The summed E-state index contributed by atoms with van der Waals surface area (Å²) < 4.78 is 90.9. The number of halogens is 6. The first kappa shape index (κ1) is 25.1. The van der Waals surface area contributed by atoms with Gasteiger partial charge in [-0.25, -0.2) is 13.2 Å². The topological polar surface area (TPSA) is 44.1 Å². The van der Waals surface area contributed by atoms with Crippen molar-refractivity contribution in [3.63, 3.8) is 0 Å². The van der Waals surface area contributed by atoms with Gasteiger partial charge in [-0.15, -0.1) is 0 Å². The Labute approximate surface area is 211 Å². The number of benzene rings is 4. The smallest absolute Gasteiger partial charge is 0.420 e. The summed E-state index contributed by atoms with van der Waals surface area (Å²) in [7, 11) is 0. The fourth-order valence-electron chi connectivity index (χ4n) is 4.17. The van der Waals surface area contributed by atoms with Gasteiger partial charge in [0.25, 0.3) is 5.56 Å². The average Bonchev–Trinajstić information content (AvgIpc) is 2.87. The second kappa shape index (κ2) is 9.70. The van der Waals surface area contributed by atoms with Gasteiger partial charge in [0.15, 0.2) is 0 Å². The Morgan fingerprint density at radius 1 is 0.842 bits per heavy atom. The highest BCUT2D eigenvalue weighted by atomic mass is 19.4. The molecule has 0 saturated heterocycles. The molecule has 4 nitrogen and oxygen atoms in total. The van der Waals surface area contributed by atoms with Gasteiger partial charge in [-0.05, 0) is 35.4 Å². The van der Waals surface area contributed by atoms with Crippen molar-refractivity contribution in [3.05, 3.63) is 124 Å². The zero-order valence-corrected chi connectivity index (χ0v) is 19.3. The lowest BCUT2D eigenvalue weighted by Crippen LogP contribution is -2.14. The molecule has 0 atom stereocenters. The minimum atomic E-state index is -4.75. The predicted octanol–water partition coefficient (Wildman–Crippen LogP) is 7.34. The molecule has 0 aliphatic heterocycles. The van der Waals surface area contributed by atoms with E-state index >= 15 is 0 Å². The second-order valence-corrected chi connectivity index (χ2v) is 8.35. The molecule has 0 fully saturated rings. The largest absolute Gasteiger partial charge is 0.457 e. The first-order valence-corrected chi connectivity index (χ1v) is 11.2. The minimum absolute atomic E-state index is 0.0549. The van der Waals surface area contributed by atoms with Crippen LogP contribution in [0.3, 0.4) is 0 Å². The number of nitrogens with zero attached hydrogens (tertiary/aromatic N) is 2. The first-order chi connectivity index (χ1) is 18.1. The van der Waals surface area contributed by atoms with E-state index in [2.05, 4.69) is 4.98 Å². The maximum Gasteiger partial charge on any atom is 0.420 e. The zero-order chi connectivity index (χ0) is 27.0. The maximum absolute atomic E-state index is 14.2. The summed E-state index contributed by atoms with van der Waals surface area (Å²) >= 11 is 0. The highest BCUT2D eigenvalue weighted by Crippen LogP contribution is 2.44. The Kier molecular flexibility index (Phi) is 6.40. The van der Waals surface area contributed by atoms with Crippen molar-refractivity contribution >= 4 is 10.9 Å². The van der Waals surface area contributed by atoms with Gasteiger partial charge in [0.2, 0.25) is 0 Å². The Hall–Kier alpha value is -4.60. The number of hydrogen-bond donors (Lipinski definition) is 0. The predicted molar refractivity (Wildman–Crippen MR) is 128 cm³/mol. The van der Waals surface area contributed by atoms with Gasteiger partial charge in [0.05, 0.1) is 23.8 Å². The van der Waals surface area contributed by atoms with Crippen LogP contribution in [0.1, 0.15) is 11.1 Å². The van der Waals surface area contributed by atoms with Crippen molar-refractivity contribution < 1.29 is 31.1 Å². The molecule has 5 rings (SSSR count). The number of ether oxygens (including phenoxy) is 1. The molecule has 0 radical (unpaired) electrons. The van der Waals surface area contributed by atoms with E-state index in [1.165, 1.54) is 41.0 Å². The molecule has 5 aromatic rings. The SMILES string of the molecule is O=c1ncn(Cc2c(F)cc(F)cc2F)c2ccc(Oc3cccc(-c4ccccc4)c3C(F)(F)F)cc12. The van der Waals surface area contributed by atoms with Gasteiger partial charge in [0.1, 0.15) is 34.5 Å². The molecule has 1 aromatic heterocycles. The van der Waals surface area contributed by atoms with Crippen LogP contribution in [0.25, 0.3) is 22.0 Å². The molecule has 0 N–H and O–H groups in total. The zero-order valence-electron chi connectivity index (χ0n) is 19.3. The number of aromatic nitrogens is 2. The Morgan fingerprint density at radius 3 is 2.24 bits per heavy atom. The summed E-state index contributed by atoms with van der Waals surface area (Å²) in [5.74, 6) is -3.87. The Bertz CT molecular complexity index is 1690. The van der Waals surface area contributed by atoms with E-state index in [0.29, 0.717) is 17.7 Å². The van der Waals surface area contributed by atoms with Crippen molar-refractivity contribution in [2.24, 2.45) is 0 Å². The maximum atomic E-state index is 14.2. The molecule has 4 aromatic carbocycles. The molecule has 0 aliphatic carbocycles. The Balaban J connectivity index is 1.56. The standard InChI is InChI=1S/C28H16F6N2O2/c29-17-11-22(30)21(23(31)12-17)14-36-15-35-27(37)20-13-18(9-10-24(20)36)38-25-8-4-7-19(26(25)28(32,33)34)16-5-2-1-3-6-16/h1-13,15H,14H2. The van der Waals surface area contributed by atoms with Crippen molar-refractivity contribution in [2.45, 2.75) is 12.7 Å². The van der Waals surface area contributed by atoms with Gasteiger partial charge in [-0.2, -0.15) is 18.2 Å². The number of hydrogen-bond acceptors (Lipinski definition) is 3. The number of fused-ring (bicyclic) bond motifs is 1.